The number of anilines is 1. The Morgan fingerprint density at radius 1 is 1.29 bits per heavy atom. The molecule has 2 aliphatic heterocycles. The van der Waals surface area contributed by atoms with E-state index in [4.69, 9.17) is 22.1 Å². The van der Waals surface area contributed by atoms with Gasteiger partial charge in [-0.2, -0.15) is 13.2 Å². The molecule has 0 spiro atoms. The highest BCUT2D eigenvalue weighted by molar-refractivity contribution is 6.33. The monoisotopic (exact) mass is 502 g/mol. The number of rotatable bonds is 3. The van der Waals surface area contributed by atoms with E-state index in [1.165, 1.54) is 31.4 Å². The zero-order valence-electron chi connectivity index (χ0n) is 18.2. The number of aromatic amines is 1. The number of nitrogens with one attached hydrogen (secondary N) is 2. The minimum absolute atomic E-state index is 0.00220. The fourth-order valence-corrected chi connectivity index (χ4v) is 4.49. The van der Waals surface area contributed by atoms with E-state index >= 15 is 0 Å². The van der Waals surface area contributed by atoms with Crippen LogP contribution in [0.4, 0.5) is 19.0 Å². The van der Waals surface area contributed by atoms with Gasteiger partial charge in [0.1, 0.15) is 30.3 Å². The Hall–Kier alpha value is -3.99. The van der Waals surface area contributed by atoms with Crippen molar-refractivity contribution in [2.45, 2.75) is 19.6 Å². The molecule has 0 saturated carbocycles. The molecule has 0 amide bonds. The SMILES string of the molecule is Cc1cc(N)nc(-c2cc3c4c(c2Cl)=NCNC=4N(Cc2cccc(=O)[nH]2)C=CO3)c1C(F)(F)F. The first kappa shape index (κ1) is 22.8. The van der Waals surface area contributed by atoms with Gasteiger partial charge >= 0.3 is 6.18 Å². The highest BCUT2D eigenvalue weighted by atomic mass is 35.5. The third-order valence-corrected chi connectivity index (χ3v) is 5.97. The Balaban J connectivity index is 1.75. The van der Waals surface area contributed by atoms with Gasteiger partial charge in [0.05, 0.1) is 33.4 Å². The van der Waals surface area contributed by atoms with Gasteiger partial charge in [-0.3, -0.25) is 9.79 Å². The first-order chi connectivity index (χ1) is 16.6. The van der Waals surface area contributed by atoms with Crippen LogP contribution in [-0.4, -0.2) is 21.5 Å². The van der Waals surface area contributed by atoms with Gasteiger partial charge in [-0.05, 0) is 30.7 Å². The van der Waals surface area contributed by atoms with Crippen molar-refractivity contribution in [1.29, 1.82) is 0 Å². The summed E-state index contributed by atoms with van der Waals surface area (Å²) in [6.45, 7) is 1.72. The summed E-state index contributed by atoms with van der Waals surface area (Å²) in [5, 5.41) is 3.89. The van der Waals surface area contributed by atoms with Gasteiger partial charge in [0.15, 0.2) is 0 Å². The maximum atomic E-state index is 14.0. The van der Waals surface area contributed by atoms with Crippen LogP contribution in [0.2, 0.25) is 5.02 Å². The van der Waals surface area contributed by atoms with Crippen LogP contribution in [0, 0.1) is 6.92 Å². The highest BCUT2D eigenvalue weighted by Gasteiger charge is 2.38. The topological polar surface area (TPSA) is 109 Å². The zero-order valence-corrected chi connectivity index (χ0v) is 19.0. The minimum Gasteiger partial charge on any atom is -0.463 e. The lowest BCUT2D eigenvalue weighted by Gasteiger charge is -2.25. The van der Waals surface area contributed by atoms with E-state index in [0.29, 0.717) is 16.7 Å². The fourth-order valence-electron chi connectivity index (χ4n) is 4.19. The molecule has 35 heavy (non-hydrogen) atoms. The van der Waals surface area contributed by atoms with Gasteiger partial charge < -0.3 is 25.7 Å². The highest BCUT2D eigenvalue weighted by Crippen LogP contribution is 2.41. The summed E-state index contributed by atoms with van der Waals surface area (Å²) in [6, 6.07) is 7.38. The molecule has 0 radical (unpaired) electrons. The molecule has 2 aromatic heterocycles. The zero-order chi connectivity index (χ0) is 24.9. The predicted molar refractivity (Wildman–Crippen MR) is 123 cm³/mol. The average molecular weight is 503 g/mol. The number of hydrogen-bond acceptors (Lipinski definition) is 7. The lowest BCUT2D eigenvalue weighted by molar-refractivity contribution is -0.137. The van der Waals surface area contributed by atoms with Gasteiger partial charge in [0, 0.05) is 23.5 Å². The number of alkyl halides is 3. The Morgan fingerprint density at radius 2 is 2.09 bits per heavy atom. The summed E-state index contributed by atoms with van der Waals surface area (Å²) in [4.78, 5) is 24.7. The Labute approximate surface area is 201 Å². The number of nitrogens with two attached hydrogens (primary N) is 1. The van der Waals surface area contributed by atoms with E-state index in [9.17, 15) is 18.0 Å². The molecule has 0 saturated heterocycles. The number of hydrogen-bond donors (Lipinski definition) is 3. The van der Waals surface area contributed by atoms with Gasteiger partial charge in [-0.1, -0.05) is 17.7 Å². The van der Waals surface area contributed by atoms with Crippen molar-refractivity contribution in [1.82, 2.24) is 20.2 Å². The van der Waals surface area contributed by atoms with E-state index in [1.807, 2.05) is 0 Å². The summed E-state index contributed by atoms with van der Waals surface area (Å²) < 4.78 is 47.7. The normalized spacial score (nSPS) is 14.5. The predicted octanol–water partition coefficient (Wildman–Crippen LogP) is 2.61. The molecular formula is C23H18ClF3N6O2. The second-order valence-electron chi connectivity index (χ2n) is 7.96. The number of aryl methyl sites for hydroxylation is 1. The number of H-pyrrole nitrogens is 1. The smallest absolute Gasteiger partial charge is 0.418 e. The molecule has 0 aliphatic carbocycles. The molecule has 5 rings (SSSR count). The van der Waals surface area contributed by atoms with Crippen LogP contribution in [0.15, 0.2) is 52.6 Å². The molecule has 4 heterocycles. The van der Waals surface area contributed by atoms with Crippen molar-refractivity contribution in [2.75, 3.05) is 12.4 Å². The largest absolute Gasteiger partial charge is 0.463 e. The van der Waals surface area contributed by atoms with Gasteiger partial charge in [0.25, 0.3) is 0 Å². The molecular weight excluding hydrogens is 485 g/mol. The number of nitrogen functional groups attached to an aromatic ring is 1. The molecule has 0 atom stereocenters. The molecule has 12 heteroatoms. The summed E-state index contributed by atoms with van der Waals surface area (Å²) in [7, 11) is 0. The van der Waals surface area contributed by atoms with Gasteiger partial charge in [0.2, 0.25) is 5.56 Å². The van der Waals surface area contributed by atoms with Crippen molar-refractivity contribution in [3.05, 3.63) is 85.6 Å². The van der Waals surface area contributed by atoms with E-state index in [0.717, 1.165) is 0 Å². The summed E-state index contributed by atoms with van der Waals surface area (Å²) in [6.07, 6.45) is -1.65. The molecule has 0 bridgehead atoms. The first-order valence-electron chi connectivity index (χ1n) is 10.4. The average Bonchev–Trinajstić information content (AvgIpc) is 2.95. The van der Waals surface area contributed by atoms with Crippen LogP contribution in [0.3, 0.4) is 0 Å². The first-order valence-corrected chi connectivity index (χ1v) is 10.8. The van der Waals surface area contributed by atoms with Crippen LogP contribution >= 0.6 is 11.6 Å². The molecule has 4 N–H and O–H groups in total. The number of aromatic nitrogens is 2. The second kappa shape index (κ2) is 8.35. The van der Waals surface area contributed by atoms with Crippen LogP contribution in [0.25, 0.3) is 17.1 Å². The Morgan fingerprint density at radius 3 is 2.83 bits per heavy atom. The third kappa shape index (κ3) is 4.08. The van der Waals surface area contributed by atoms with E-state index in [1.54, 1.807) is 23.2 Å². The van der Waals surface area contributed by atoms with E-state index < -0.39 is 17.4 Å². The third-order valence-electron chi connectivity index (χ3n) is 5.59. The molecule has 8 nitrogen and oxygen atoms in total. The summed E-state index contributed by atoms with van der Waals surface area (Å²) >= 11 is 6.66. The number of halogens is 4. The van der Waals surface area contributed by atoms with Crippen molar-refractivity contribution in [2.24, 2.45) is 4.99 Å². The van der Waals surface area contributed by atoms with Crippen LogP contribution in [0.5, 0.6) is 5.75 Å². The van der Waals surface area contributed by atoms with Crippen molar-refractivity contribution < 1.29 is 17.9 Å². The van der Waals surface area contributed by atoms with Gasteiger partial charge in [-0.15, -0.1) is 0 Å². The summed E-state index contributed by atoms with van der Waals surface area (Å²) in [5.74, 6) is 0.741. The molecule has 3 aromatic rings. The lowest BCUT2D eigenvalue weighted by atomic mass is 9.99. The fraction of sp³-hybridized carbons (Fsp3) is 0.174. The molecule has 0 fully saturated rings. The van der Waals surface area contributed by atoms with Gasteiger partial charge in [-0.25, -0.2) is 4.98 Å². The second-order valence-corrected chi connectivity index (χ2v) is 8.34. The number of ether oxygens (including phenoxy) is 1. The molecule has 0 unspecified atom stereocenters. The van der Waals surface area contributed by atoms with Crippen molar-refractivity contribution in [3.63, 3.8) is 0 Å². The number of pyridine rings is 2. The Bertz CT molecular complexity index is 1570. The quantitative estimate of drug-likeness (QED) is 0.508. The Kier molecular flexibility index (Phi) is 5.43. The van der Waals surface area contributed by atoms with Crippen LogP contribution < -0.4 is 31.9 Å². The lowest BCUT2D eigenvalue weighted by Crippen LogP contribution is -2.44. The summed E-state index contributed by atoms with van der Waals surface area (Å²) in [5.41, 5.74) is 4.79. The van der Waals surface area contributed by atoms with Crippen molar-refractivity contribution in [3.8, 4) is 17.0 Å². The molecule has 180 valence electrons. The maximum absolute atomic E-state index is 14.0. The van der Waals surface area contributed by atoms with E-state index in [2.05, 4.69) is 20.3 Å². The molecule has 1 aromatic carbocycles. The van der Waals surface area contributed by atoms with Crippen LogP contribution in [-0.2, 0) is 12.7 Å². The number of benzene rings is 1. The van der Waals surface area contributed by atoms with E-state index in [-0.39, 0.29) is 51.8 Å². The number of nitrogens with zero attached hydrogens (tertiary/aromatic N) is 3. The maximum Gasteiger partial charge on any atom is 0.418 e. The van der Waals surface area contributed by atoms with Crippen LogP contribution in [0.1, 0.15) is 16.8 Å². The van der Waals surface area contributed by atoms with Crippen molar-refractivity contribution >= 4 is 23.2 Å². The standard InChI is InChI=1S/C23H18ClF3N6O2/c1-11-7-15(28)32-20(18(11)23(25,26)27)13-8-14-17-21(19(13)24)29-10-30-22(17)33(5-6-35-14)9-12-3-2-4-16(34)31-12/h2-8,30H,9-10H2,1H3,(H2,28,32)(H,31,34). The minimum atomic E-state index is -4.69. The molecule has 2 aliphatic rings.